The molecule has 0 saturated carbocycles. The first-order valence-corrected chi connectivity index (χ1v) is 9.81. The highest BCUT2D eigenvalue weighted by Crippen LogP contribution is 2.19. The smallest absolute Gasteiger partial charge is 0.256 e. The van der Waals surface area contributed by atoms with E-state index >= 15 is 0 Å². The van der Waals surface area contributed by atoms with Gasteiger partial charge in [0.25, 0.3) is 5.91 Å². The fourth-order valence-electron chi connectivity index (χ4n) is 3.62. The van der Waals surface area contributed by atoms with Crippen LogP contribution >= 0.6 is 11.6 Å². The third-order valence-corrected chi connectivity index (χ3v) is 5.27. The number of piperazine rings is 1. The van der Waals surface area contributed by atoms with Crippen molar-refractivity contribution >= 4 is 23.4 Å². The Kier molecular flexibility index (Phi) is 7.23. The maximum absolute atomic E-state index is 14.0. The van der Waals surface area contributed by atoms with Crippen molar-refractivity contribution < 1.29 is 14.0 Å². The Bertz CT molecular complexity index is 680. The topological polar surface area (TPSA) is 43.9 Å². The van der Waals surface area contributed by atoms with Crippen LogP contribution in [0.4, 0.5) is 4.39 Å². The average molecular weight is 398 g/mol. The molecule has 1 fully saturated rings. The molecule has 0 aromatic heterocycles. The first kappa shape index (κ1) is 21.6. The molecule has 0 aliphatic carbocycles. The predicted octanol–water partition coefficient (Wildman–Crippen LogP) is 3.27. The summed E-state index contributed by atoms with van der Waals surface area (Å²) in [7, 11) is 0. The van der Waals surface area contributed by atoms with Crippen molar-refractivity contribution in [2.45, 2.75) is 52.7 Å². The van der Waals surface area contributed by atoms with Crippen LogP contribution in [-0.4, -0.2) is 70.8 Å². The molecule has 1 heterocycles. The van der Waals surface area contributed by atoms with Crippen LogP contribution in [-0.2, 0) is 4.79 Å². The number of hydrogen-bond donors (Lipinski definition) is 0. The molecule has 1 aromatic carbocycles. The number of carbonyl (C=O) groups excluding carboxylic acids is 2. The molecule has 150 valence electrons. The predicted molar refractivity (Wildman–Crippen MR) is 105 cm³/mol. The first-order chi connectivity index (χ1) is 12.6. The van der Waals surface area contributed by atoms with Gasteiger partial charge in [0.2, 0.25) is 5.91 Å². The van der Waals surface area contributed by atoms with Crippen LogP contribution in [0.15, 0.2) is 18.2 Å². The number of benzene rings is 1. The largest absolute Gasteiger partial charge is 0.336 e. The fraction of sp³-hybridized carbons (Fsp3) is 0.600. The van der Waals surface area contributed by atoms with Gasteiger partial charge in [-0.3, -0.25) is 14.5 Å². The molecule has 0 N–H and O–H groups in total. The summed E-state index contributed by atoms with van der Waals surface area (Å²) in [6, 6.07) is 4.01. The summed E-state index contributed by atoms with van der Waals surface area (Å²) in [6.07, 6.45) is 0. The monoisotopic (exact) mass is 397 g/mol. The third-order valence-electron chi connectivity index (χ3n) is 5.03. The van der Waals surface area contributed by atoms with E-state index in [0.717, 1.165) is 0 Å². The van der Waals surface area contributed by atoms with Gasteiger partial charge in [0.15, 0.2) is 0 Å². The Labute approximate surface area is 166 Å². The van der Waals surface area contributed by atoms with Crippen LogP contribution in [0.2, 0.25) is 5.02 Å². The minimum absolute atomic E-state index is 0.00846. The fourth-order valence-corrected chi connectivity index (χ4v) is 3.79. The molecule has 0 radical (unpaired) electrons. The Morgan fingerprint density at radius 1 is 1.04 bits per heavy atom. The molecule has 27 heavy (non-hydrogen) atoms. The third kappa shape index (κ3) is 4.99. The number of halogens is 2. The standard InChI is InChI=1S/C20H29ClFN3O2/c1-13(2)25(14(3)4)19(26)15(5)23-8-10-24(11-9-23)20(27)17-12-16(21)6-7-18(17)22/h6-7,12-15H,8-11H2,1-5H3. The molecule has 0 bridgehead atoms. The molecular formula is C20H29ClFN3O2. The van der Waals surface area contributed by atoms with Crippen molar-refractivity contribution in [1.29, 1.82) is 0 Å². The number of carbonyl (C=O) groups is 2. The molecule has 7 heteroatoms. The average Bonchev–Trinajstić information content (AvgIpc) is 2.62. The molecule has 1 aliphatic rings. The molecule has 5 nitrogen and oxygen atoms in total. The molecule has 1 unspecified atom stereocenters. The summed E-state index contributed by atoms with van der Waals surface area (Å²) in [5.41, 5.74) is -0.00846. The number of rotatable bonds is 5. The molecule has 1 aromatic rings. The van der Waals surface area contributed by atoms with Crippen molar-refractivity contribution in [3.05, 3.63) is 34.6 Å². The van der Waals surface area contributed by atoms with E-state index in [4.69, 9.17) is 11.6 Å². The highest BCUT2D eigenvalue weighted by molar-refractivity contribution is 6.31. The lowest BCUT2D eigenvalue weighted by molar-refractivity contribution is -0.140. The number of nitrogens with zero attached hydrogens (tertiary/aromatic N) is 3. The van der Waals surface area contributed by atoms with Crippen molar-refractivity contribution in [2.24, 2.45) is 0 Å². The van der Waals surface area contributed by atoms with E-state index in [1.54, 1.807) is 4.90 Å². The quantitative estimate of drug-likeness (QED) is 0.765. The van der Waals surface area contributed by atoms with Gasteiger partial charge in [-0.2, -0.15) is 0 Å². The zero-order valence-electron chi connectivity index (χ0n) is 16.7. The molecule has 1 saturated heterocycles. The van der Waals surface area contributed by atoms with Crippen molar-refractivity contribution in [3.63, 3.8) is 0 Å². The Morgan fingerprint density at radius 2 is 1.59 bits per heavy atom. The van der Waals surface area contributed by atoms with Crippen LogP contribution in [0.3, 0.4) is 0 Å². The Hall–Kier alpha value is -1.66. The highest BCUT2D eigenvalue weighted by atomic mass is 35.5. The second-order valence-electron chi connectivity index (χ2n) is 7.56. The second kappa shape index (κ2) is 9.02. The molecule has 2 amide bonds. The van der Waals surface area contributed by atoms with Crippen LogP contribution in [0, 0.1) is 5.82 Å². The maximum Gasteiger partial charge on any atom is 0.256 e. The van der Waals surface area contributed by atoms with Gasteiger partial charge in [0.05, 0.1) is 11.6 Å². The van der Waals surface area contributed by atoms with Gasteiger partial charge in [-0.25, -0.2) is 4.39 Å². The lowest BCUT2D eigenvalue weighted by Gasteiger charge is -2.40. The first-order valence-electron chi connectivity index (χ1n) is 9.44. The normalized spacial score (nSPS) is 16.7. The van der Waals surface area contributed by atoms with Crippen molar-refractivity contribution in [1.82, 2.24) is 14.7 Å². The zero-order valence-corrected chi connectivity index (χ0v) is 17.5. The number of amides is 2. The van der Waals surface area contributed by atoms with Crippen molar-refractivity contribution in [3.8, 4) is 0 Å². The maximum atomic E-state index is 14.0. The minimum Gasteiger partial charge on any atom is -0.336 e. The summed E-state index contributed by atoms with van der Waals surface area (Å²) in [4.78, 5) is 31.1. The van der Waals surface area contributed by atoms with E-state index in [1.807, 2.05) is 39.5 Å². The summed E-state index contributed by atoms with van der Waals surface area (Å²) in [5.74, 6) is -0.833. The van der Waals surface area contributed by atoms with E-state index in [0.29, 0.717) is 31.2 Å². The van der Waals surface area contributed by atoms with Crippen molar-refractivity contribution in [2.75, 3.05) is 26.2 Å². The summed E-state index contributed by atoms with van der Waals surface area (Å²) in [6.45, 7) is 12.0. The lowest BCUT2D eigenvalue weighted by atomic mass is 10.1. The molecule has 0 spiro atoms. The van der Waals surface area contributed by atoms with Crippen LogP contribution in [0.1, 0.15) is 45.0 Å². The Balaban J connectivity index is 2.01. The Morgan fingerprint density at radius 3 is 2.11 bits per heavy atom. The molecule has 1 atom stereocenters. The highest BCUT2D eigenvalue weighted by Gasteiger charge is 2.32. The van der Waals surface area contributed by atoms with Gasteiger partial charge in [-0.15, -0.1) is 0 Å². The molecule has 2 rings (SSSR count). The minimum atomic E-state index is -0.570. The van der Waals surface area contributed by atoms with Gasteiger partial charge in [0, 0.05) is 43.3 Å². The van der Waals surface area contributed by atoms with E-state index in [-0.39, 0.29) is 35.5 Å². The zero-order chi connectivity index (χ0) is 20.3. The van der Waals surface area contributed by atoms with Gasteiger partial charge in [-0.05, 0) is 52.8 Å². The van der Waals surface area contributed by atoms with Crippen LogP contribution in [0.25, 0.3) is 0 Å². The molecule has 1 aliphatic heterocycles. The second-order valence-corrected chi connectivity index (χ2v) is 8.00. The summed E-state index contributed by atoms with van der Waals surface area (Å²) >= 11 is 5.89. The summed E-state index contributed by atoms with van der Waals surface area (Å²) < 4.78 is 14.0. The molecular weight excluding hydrogens is 369 g/mol. The van der Waals surface area contributed by atoms with Gasteiger partial charge < -0.3 is 9.80 Å². The van der Waals surface area contributed by atoms with Crippen LogP contribution < -0.4 is 0 Å². The van der Waals surface area contributed by atoms with Crippen LogP contribution in [0.5, 0.6) is 0 Å². The van der Waals surface area contributed by atoms with E-state index in [9.17, 15) is 14.0 Å². The van der Waals surface area contributed by atoms with E-state index in [2.05, 4.69) is 4.90 Å². The van der Waals surface area contributed by atoms with E-state index < -0.39 is 5.82 Å². The SMILES string of the molecule is CC(C(=O)N(C(C)C)C(C)C)N1CCN(C(=O)c2cc(Cl)ccc2F)CC1. The summed E-state index contributed by atoms with van der Waals surface area (Å²) in [5, 5.41) is 0.333. The van der Waals surface area contributed by atoms with E-state index in [1.165, 1.54) is 18.2 Å². The van der Waals surface area contributed by atoms with Gasteiger partial charge in [0.1, 0.15) is 5.82 Å². The van der Waals surface area contributed by atoms with Gasteiger partial charge >= 0.3 is 0 Å². The van der Waals surface area contributed by atoms with Gasteiger partial charge in [-0.1, -0.05) is 11.6 Å². The number of hydrogen-bond acceptors (Lipinski definition) is 3. The lowest BCUT2D eigenvalue weighted by Crippen LogP contribution is -2.57.